The van der Waals surface area contributed by atoms with Gasteiger partial charge in [-0.25, -0.2) is 9.83 Å². The van der Waals surface area contributed by atoms with Crippen LogP contribution in [0.4, 0.5) is 5.69 Å². The minimum Gasteiger partial charge on any atom is -0.495 e. The van der Waals surface area contributed by atoms with E-state index >= 15 is 0 Å². The summed E-state index contributed by atoms with van der Waals surface area (Å²) in [5.41, 5.74) is 4.13. The minimum absolute atomic E-state index is 0. The van der Waals surface area contributed by atoms with Crippen molar-refractivity contribution >= 4 is 27.5 Å². The summed E-state index contributed by atoms with van der Waals surface area (Å²) in [6.45, 7) is 14.4. The molecule has 0 amide bonds. The number of imidazole rings is 1. The van der Waals surface area contributed by atoms with Gasteiger partial charge in [0.15, 0.2) is 0 Å². The predicted molar refractivity (Wildman–Crippen MR) is 150 cm³/mol. The molecule has 0 aliphatic rings. The number of benzene rings is 3. The van der Waals surface area contributed by atoms with Crippen LogP contribution in [-0.2, 0) is 33.5 Å². The minimum atomic E-state index is -0.0280. The number of hydrogen-bond donors (Lipinski definition) is 0. The summed E-state index contributed by atoms with van der Waals surface area (Å²) in [7, 11) is 1.93. The predicted octanol–water partition coefficient (Wildman–Crippen LogP) is 7.82. The molecule has 3 aromatic heterocycles. The van der Waals surface area contributed by atoms with Crippen LogP contribution in [-0.4, -0.2) is 19.1 Å². The van der Waals surface area contributed by atoms with Crippen LogP contribution in [0.3, 0.4) is 0 Å². The van der Waals surface area contributed by atoms with Gasteiger partial charge in [-0.2, -0.15) is 0 Å². The van der Waals surface area contributed by atoms with Crippen molar-refractivity contribution < 1.29 is 25.8 Å². The maximum Gasteiger partial charge on any atom is 2.00 e. The molecule has 0 aliphatic heterocycles. The number of nitrogens with zero attached hydrogens (tertiary/aromatic N) is 5. The molecule has 194 valence electrons. The van der Waals surface area contributed by atoms with Gasteiger partial charge < -0.3 is 13.9 Å². The van der Waals surface area contributed by atoms with Crippen molar-refractivity contribution in [2.75, 3.05) is 0 Å². The second kappa shape index (κ2) is 10.2. The molecule has 0 radical (unpaired) electrons. The normalized spacial score (nSPS) is 11.4. The summed E-state index contributed by atoms with van der Waals surface area (Å²) in [5.74, 6) is 2.41. The van der Waals surface area contributed by atoms with Crippen molar-refractivity contribution in [3.63, 3.8) is 0 Å². The molecular formula is C32H25N5OPt. The van der Waals surface area contributed by atoms with E-state index in [1.54, 1.807) is 6.20 Å². The van der Waals surface area contributed by atoms with Gasteiger partial charge in [-0.3, -0.25) is 4.98 Å². The molecular weight excluding hydrogens is 665 g/mol. The number of fused-ring (bicyclic) bond motifs is 3. The fourth-order valence-corrected chi connectivity index (χ4v) is 4.69. The van der Waals surface area contributed by atoms with Crippen LogP contribution in [0, 0.1) is 18.7 Å². The van der Waals surface area contributed by atoms with Gasteiger partial charge in [0.25, 0.3) is 0 Å². The Labute approximate surface area is 242 Å². The smallest absolute Gasteiger partial charge is 0.495 e. The molecule has 0 saturated heterocycles. The SMILES string of the molecule is [C-]#[N+]c1cc2c3ccccc3n(-c3cc(C(C)(C)C)ccn3)c2[c-]c1Oc1[c-]c(-c2nccn2C)ccc1.[Pt+2]. The molecule has 0 saturated carbocycles. The maximum atomic E-state index is 7.87. The molecule has 39 heavy (non-hydrogen) atoms. The van der Waals surface area contributed by atoms with E-state index in [1.807, 2.05) is 60.4 Å². The Balaban J connectivity index is 0.00000308. The standard InChI is InChI=1S/C32H25N5O.Pt/c1-32(2,3)22-13-14-34-30(18-22)37-27-12-7-6-11-24(27)25-19-26(33-4)29(20-28(25)37)38-23-10-8-9-21(17-23)31-35-15-16-36(31)5;/h6-16,18-19H,1-3,5H3;/q-2;+2. The van der Waals surface area contributed by atoms with Crippen molar-refractivity contribution in [3.8, 4) is 28.7 Å². The van der Waals surface area contributed by atoms with Crippen LogP contribution in [0.25, 0.3) is 43.9 Å². The molecule has 6 rings (SSSR count). The molecule has 0 aliphatic carbocycles. The second-order valence-electron chi connectivity index (χ2n) is 10.3. The van der Waals surface area contributed by atoms with Crippen molar-refractivity contribution in [2.45, 2.75) is 26.2 Å². The first kappa shape index (κ1) is 26.4. The van der Waals surface area contributed by atoms with Gasteiger partial charge in [-0.05, 0) is 34.6 Å². The summed E-state index contributed by atoms with van der Waals surface area (Å²) in [6.07, 6.45) is 5.48. The number of hydrogen-bond acceptors (Lipinski definition) is 3. The third kappa shape index (κ3) is 4.75. The maximum absolute atomic E-state index is 7.87. The fraction of sp³-hybridized carbons (Fsp3) is 0.156. The Kier molecular flexibility index (Phi) is 6.88. The molecule has 0 unspecified atom stereocenters. The summed E-state index contributed by atoms with van der Waals surface area (Å²) < 4.78 is 10.3. The van der Waals surface area contributed by atoms with Gasteiger partial charge in [-0.1, -0.05) is 62.0 Å². The van der Waals surface area contributed by atoms with Crippen LogP contribution in [0.1, 0.15) is 26.3 Å². The average Bonchev–Trinajstić information content (AvgIpc) is 3.48. The number of pyridine rings is 1. The van der Waals surface area contributed by atoms with Crippen molar-refractivity contribution in [1.29, 1.82) is 0 Å². The monoisotopic (exact) mass is 690 g/mol. The molecule has 6 aromatic rings. The second-order valence-corrected chi connectivity index (χ2v) is 10.3. The molecule has 0 spiro atoms. The first-order valence-electron chi connectivity index (χ1n) is 12.4. The van der Waals surface area contributed by atoms with Crippen LogP contribution in [0.15, 0.2) is 79.3 Å². The topological polar surface area (TPSA) is 49.2 Å². The van der Waals surface area contributed by atoms with Crippen LogP contribution in [0.2, 0.25) is 0 Å². The summed E-state index contributed by atoms with van der Waals surface area (Å²) in [4.78, 5) is 12.9. The van der Waals surface area contributed by atoms with Crippen LogP contribution < -0.4 is 4.74 Å². The zero-order chi connectivity index (χ0) is 26.4. The zero-order valence-corrected chi connectivity index (χ0v) is 24.2. The number of aromatic nitrogens is 4. The summed E-state index contributed by atoms with van der Waals surface area (Å²) >= 11 is 0. The van der Waals surface area contributed by atoms with Crippen LogP contribution in [0.5, 0.6) is 11.5 Å². The van der Waals surface area contributed by atoms with Crippen LogP contribution >= 0.6 is 0 Å². The van der Waals surface area contributed by atoms with Gasteiger partial charge in [0.05, 0.1) is 5.82 Å². The molecule has 3 aromatic carbocycles. The van der Waals surface area contributed by atoms with E-state index in [9.17, 15) is 0 Å². The van der Waals surface area contributed by atoms with Gasteiger partial charge in [0, 0.05) is 36.9 Å². The number of aryl methyl sites for hydroxylation is 1. The first-order chi connectivity index (χ1) is 18.3. The Bertz CT molecular complexity index is 1870. The van der Waals surface area contributed by atoms with E-state index in [-0.39, 0.29) is 26.5 Å². The van der Waals surface area contributed by atoms with Gasteiger partial charge in [-0.15, -0.1) is 29.8 Å². The number of rotatable bonds is 4. The molecule has 3 heterocycles. The molecule has 7 heteroatoms. The largest absolute Gasteiger partial charge is 2.00 e. The Hall–Kier alpha value is -4.20. The van der Waals surface area contributed by atoms with Gasteiger partial charge in [0.1, 0.15) is 18.1 Å². The van der Waals surface area contributed by atoms with E-state index in [1.165, 1.54) is 5.56 Å². The third-order valence-electron chi connectivity index (χ3n) is 6.66. The van der Waals surface area contributed by atoms with Gasteiger partial charge >= 0.3 is 21.1 Å². The van der Waals surface area contributed by atoms with Crippen molar-refractivity contribution in [2.24, 2.45) is 7.05 Å². The first-order valence-corrected chi connectivity index (χ1v) is 12.4. The molecule has 6 nitrogen and oxygen atoms in total. The number of ether oxygens (including phenoxy) is 1. The van der Waals surface area contributed by atoms with E-state index in [2.05, 4.69) is 71.6 Å². The molecule has 0 atom stereocenters. The molecule has 0 fully saturated rings. The Morgan fingerprint density at radius 2 is 1.74 bits per heavy atom. The molecule has 0 bridgehead atoms. The molecule has 0 N–H and O–H groups in total. The van der Waals surface area contributed by atoms with E-state index in [0.29, 0.717) is 17.2 Å². The van der Waals surface area contributed by atoms with E-state index in [4.69, 9.17) is 16.3 Å². The van der Waals surface area contributed by atoms with E-state index < -0.39 is 0 Å². The summed E-state index contributed by atoms with van der Waals surface area (Å²) in [5, 5.41) is 1.95. The quantitative estimate of drug-likeness (QED) is 0.177. The Morgan fingerprint density at radius 3 is 2.49 bits per heavy atom. The van der Waals surface area contributed by atoms with Crippen molar-refractivity contribution in [1.82, 2.24) is 19.1 Å². The summed E-state index contributed by atoms with van der Waals surface area (Å²) in [6, 6.07) is 26.5. The van der Waals surface area contributed by atoms with E-state index in [0.717, 1.165) is 39.0 Å². The fourth-order valence-electron chi connectivity index (χ4n) is 4.69. The average molecular weight is 691 g/mol. The van der Waals surface area contributed by atoms with Crippen molar-refractivity contribution in [3.05, 3.63) is 108 Å². The van der Waals surface area contributed by atoms with Gasteiger partial charge in [0.2, 0.25) is 5.69 Å². The third-order valence-corrected chi connectivity index (χ3v) is 6.66. The Morgan fingerprint density at radius 1 is 0.923 bits per heavy atom. The zero-order valence-electron chi connectivity index (χ0n) is 22.0. The number of para-hydroxylation sites is 1.